The van der Waals surface area contributed by atoms with Crippen LogP contribution in [-0.4, -0.2) is 25.5 Å². The van der Waals surface area contributed by atoms with E-state index >= 15 is 0 Å². The topological polar surface area (TPSA) is 96.0 Å². The number of nitrogens with one attached hydrogen (secondary N) is 2. The van der Waals surface area contributed by atoms with Crippen molar-refractivity contribution in [3.8, 4) is 0 Å². The van der Waals surface area contributed by atoms with Gasteiger partial charge in [-0.15, -0.1) is 0 Å². The highest BCUT2D eigenvalue weighted by Crippen LogP contribution is 2.29. The molecule has 1 aliphatic rings. The van der Waals surface area contributed by atoms with Crippen LogP contribution >= 0.6 is 0 Å². The quantitative estimate of drug-likeness (QED) is 0.537. The van der Waals surface area contributed by atoms with E-state index < -0.39 is 15.6 Å². The van der Waals surface area contributed by atoms with Gasteiger partial charge in [-0.3, -0.25) is 5.41 Å². The molecule has 5 nitrogen and oxygen atoms in total. The predicted molar refractivity (Wildman–Crippen MR) is 74.1 cm³/mol. The molecule has 0 aromatic heterocycles. The van der Waals surface area contributed by atoms with E-state index in [9.17, 15) is 8.42 Å². The molecule has 1 saturated carbocycles. The maximum absolute atomic E-state index is 12.2. The van der Waals surface area contributed by atoms with Gasteiger partial charge in [0.25, 0.3) is 0 Å². The molecule has 1 fully saturated rings. The second-order valence-electron chi connectivity index (χ2n) is 6.48. The first-order chi connectivity index (χ1) is 8.06. The Morgan fingerprint density at radius 1 is 1.28 bits per heavy atom. The van der Waals surface area contributed by atoms with E-state index in [1.54, 1.807) is 0 Å². The summed E-state index contributed by atoms with van der Waals surface area (Å²) in [5.41, 5.74) is 4.48. The molecule has 0 aromatic carbocycles. The Morgan fingerprint density at radius 3 is 2.17 bits per heavy atom. The third-order valence-corrected chi connectivity index (χ3v) is 5.14. The first-order valence-electron chi connectivity index (χ1n) is 6.43. The fourth-order valence-corrected chi connectivity index (χ4v) is 4.61. The largest absolute Gasteiger partial charge is 0.386 e. The lowest BCUT2D eigenvalue weighted by Gasteiger charge is -2.37. The zero-order valence-corrected chi connectivity index (χ0v) is 12.4. The molecule has 0 heterocycles. The normalized spacial score (nSPS) is 20.6. The van der Waals surface area contributed by atoms with E-state index in [0.29, 0.717) is 12.8 Å². The van der Waals surface area contributed by atoms with Gasteiger partial charge in [-0.25, -0.2) is 13.1 Å². The van der Waals surface area contributed by atoms with Crippen LogP contribution < -0.4 is 10.5 Å². The number of sulfonamides is 1. The fraction of sp³-hybridized carbons (Fsp3) is 0.917. The standard InChI is InChI=1S/C12H25N3O2S/c1-11(2,3)9-18(16,17)15-12(10(13)14)7-5-4-6-8-12/h15H,4-9H2,1-3H3,(H3,13,14). The highest BCUT2D eigenvalue weighted by Gasteiger charge is 2.39. The molecule has 18 heavy (non-hydrogen) atoms. The van der Waals surface area contributed by atoms with E-state index in [1.807, 2.05) is 20.8 Å². The molecule has 1 aliphatic carbocycles. The fourth-order valence-electron chi connectivity index (χ4n) is 2.49. The third kappa shape index (κ3) is 4.24. The molecule has 0 aliphatic heterocycles. The number of amidine groups is 1. The Kier molecular flexibility index (Phi) is 4.43. The van der Waals surface area contributed by atoms with Crippen LogP contribution in [0.5, 0.6) is 0 Å². The maximum Gasteiger partial charge on any atom is 0.213 e. The molecule has 0 aromatic rings. The average molecular weight is 275 g/mol. The van der Waals surface area contributed by atoms with Gasteiger partial charge in [-0.2, -0.15) is 0 Å². The lowest BCUT2D eigenvalue weighted by Crippen LogP contribution is -2.59. The van der Waals surface area contributed by atoms with Crippen LogP contribution in [0.2, 0.25) is 0 Å². The van der Waals surface area contributed by atoms with Gasteiger partial charge in [0.2, 0.25) is 10.0 Å². The molecule has 0 amide bonds. The van der Waals surface area contributed by atoms with E-state index in [-0.39, 0.29) is 17.0 Å². The van der Waals surface area contributed by atoms with Crippen molar-refractivity contribution < 1.29 is 8.42 Å². The number of hydrogen-bond acceptors (Lipinski definition) is 3. The predicted octanol–water partition coefficient (Wildman–Crippen LogP) is 1.59. The van der Waals surface area contributed by atoms with Crippen molar-refractivity contribution in [2.24, 2.45) is 11.1 Å². The summed E-state index contributed by atoms with van der Waals surface area (Å²) >= 11 is 0. The van der Waals surface area contributed by atoms with Crippen LogP contribution in [0.15, 0.2) is 0 Å². The average Bonchev–Trinajstić information content (AvgIpc) is 2.13. The van der Waals surface area contributed by atoms with Gasteiger partial charge in [-0.05, 0) is 18.3 Å². The first-order valence-corrected chi connectivity index (χ1v) is 8.08. The highest BCUT2D eigenvalue weighted by molar-refractivity contribution is 7.89. The van der Waals surface area contributed by atoms with Gasteiger partial charge in [0.15, 0.2) is 0 Å². The van der Waals surface area contributed by atoms with E-state index in [0.717, 1.165) is 19.3 Å². The molecule has 0 spiro atoms. The Balaban J connectivity index is 2.87. The summed E-state index contributed by atoms with van der Waals surface area (Å²) in [6.07, 6.45) is 4.17. The van der Waals surface area contributed by atoms with Gasteiger partial charge in [0.1, 0.15) is 5.84 Å². The summed E-state index contributed by atoms with van der Waals surface area (Å²) in [5, 5.41) is 7.70. The van der Waals surface area contributed by atoms with Crippen LogP contribution in [0.4, 0.5) is 0 Å². The van der Waals surface area contributed by atoms with Crippen molar-refractivity contribution in [2.75, 3.05) is 5.75 Å². The summed E-state index contributed by atoms with van der Waals surface area (Å²) in [6.45, 7) is 5.65. The summed E-state index contributed by atoms with van der Waals surface area (Å²) in [4.78, 5) is 0. The van der Waals surface area contributed by atoms with Crippen LogP contribution in [0, 0.1) is 10.8 Å². The second-order valence-corrected chi connectivity index (χ2v) is 8.20. The summed E-state index contributed by atoms with van der Waals surface area (Å²) in [6, 6.07) is 0. The van der Waals surface area contributed by atoms with Crippen LogP contribution in [0.1, 0.15) is 52.9 Å². The molecular weight excluding hydrogens is 250 g/mol. The van der Waals surface area contributed by atoms with Crippen LogP contribution in [-0.2, 0) is 10.0 Å². The van der Waals surface area contributed by atoms with Crippen LogP contribution in [0.25, 0.3) is 0 Å². The summed E-state index contributed by atoms with van der Waals surface area (Å²) in [7, 11) is -3.41. The van der Waals surface area contributed by atoms with E-state index in [1.165, 1.54) is 0 Å². The van der Waals surface area contributed by atoms with Gasteiger partial charge in [0.05, 0.1) is 11.3 Å². The first kappa shape index (κ1) is 15.4. The zero-order valence-electron chi connectivity index (χ0n) is 11.5. The molecular formula is C12H25N3O2S. The van der Waals surface area contributed by atoms with Crippen molar-refractivity contribution in [3.05, 3.63) is 0 Å². The van der Waals surface area contributed by atoms with Crippen LogP contribution in [0.3, 0.4) is 0 Å². The van der Waals surface area contributed by atoms with Crippen molar-refractivity contribution in [1.29, 1.82) is 5.41 Å². The van der Waals surface area contributed by atoms with E-state index in [2.05, 4.69) is 4.72 Å². The summed E-state index contributed by atoms with van der Waals surface area (Å²) < 4.78 is 27.0. The van der Waals surface area contributed by atoms with Crippen molar-refractivity contribution >= 4 is 15.9 Å². The molecule has 0 radical (unpaired) electrons. The minimum atomic E-state index is -3.41. The Bertz CT molecular complexity index is 404. The van der Waals surface area contributed by atoms with Gasteiger partial charge >= 0.3 is 0 Å². The molecule has 0 bridgehead atoms. The number of nitrogens with two attached hydrogens (primary N) is 1. The Morgan fingerprint density at radius 2 is 1.78 bits per heavy atom. The Labute approximate surface area is 110 Å². The Hall–Kier alpha value is -0.620. The number of hydrogen-bond donors (Lipinski definition) is 3. The van der Waals surface area contributed by atoms with Crippen molar-refractivity contribution in [1.82, 2.24) is 4.72 Å². The van der Waals surface area contributed by atoms with E-state index in [4.69, 9.17) is 11.1 Å². The molecule has 0 unspecified atom stereocenters. The minimum Gasteiger partial charge on any atom is -0.386 e. The lowest BCUT2D eigenvalue weighted by molar-refractivity contribution is 0.345. The second kappa shape index (κ2) is 5.17. The maximum atomic E-state index is 12.2. The number of rotatable bonds is 4. The van der Waals surface area contributed by atoms with Crippen molar-refractivity contribution in [3.63, 3.8) is 0 Å². The zero-order chi connectivity index (χ0) is 14.0. The summed E-state index contributed by atoms with van der Waals surface area (Å²) in [5.74, 6) is -0.00522. The van der Waals surface area contributed by atoms with Gasteiger partial charge < -0.3 is 5.73 Å². The molecule has 6 heteroatoms. The minimum absolute atomic E-state index is 0.0506. The molecule has 4 N–H and O–H groups in total. The van der Waals surface area contributed by atoms with Gasteiger partial charge in [-0.1, -0.05) is 40.0 Å². The van der Waals surface area contributed by atoms with Crippen molar-refractivity contribution in [2.45, 2.75) is 58.4 Å². The molecule has 0 saturated heterocycles. The highest BCUT2D eigenvalue weighted by atomic mass is 32.2. The molecule has 1 rings (SSSR count). The SMILES string of the molecule is CC(C)(C)CS(=O)(=O)NC1(C(=N)N)CCCCC1. The smallest absolute Gasteiger partial charge is 0.213 e. The third-order valence-electron chi connectivity index (χ3n) is 3.20. The monoisotopic (exact) mass is 275 g/mol. The lowest BCUT2D eigenvalue weighted by atomic mass is 9.82. The molecule has 0 atom stereocenters. The van der Waals surface area contributed by atoms with Gasteiger partial charge in [0, 0.05) is 0 Å². The molecule has 106 valence electrons.